The number of nitrogens with zero attached hydrogens (tertiary/aromatic N) is 5. The molecule has 0 bridgehead atoms. The quantitative estimate of drug-likeness (QED) is 0.474. The Kier molecular flexibility index (Phi) is 4.87. The number of rotatable bonds is 6. The van der Waals surface area contributed by atoms with Crippen molar-refractivity contribution in [3.63, 3.8) is 0 Å². The van der Waals surface area contributed by atoms with Crippen LogP contribution >= 0.6 is 22.9 Å². The highest BCUT2D eigenvalue weighted by Gasteiger charge is 2.17. The van der Waals surface area contributed by atoms with Gasteiger partial charge in [-0.1, -0.05) is 16.8 Å². The molecule has 0 saturated heterocycles. The van der Waals surface area contributed by atoms with Crippen molar-refractivity contribution in [3.05, 3.63) is 51.4 Å². The monoisotopic (exact) mass is 405 g/mol. The molecule has 0 aliphatic rings. The van der Waals surface area contributed by atoms with Crippen molar-refractivity contribution >= 4 is 22.9 Å². The summed E-state index contributed by atoms with van der Waals surface area (Å²) in [6.07, 6.45) is 0. The lowest BCUT2D eigenvalue weighted by molar-refractivity contribution is 0.192. The maximum Gasteiger partial charge on any atom is 0.297 e. The van der Waals surface area contributed by atoms with E-state index in [2.05, 4.69) is 20.2 Å². The maximum absolute atomic E-state index is 12.2. The number of ether oxygens (including phenoxy) is 1. The largest absolute Gasteiger partial charge is 0.463 e. The third-order valence-corrected chi connectivity index (χ3v) is 4.96. The summed E-state index contributed by atoms with van der Waals surface area (Å²) >= 11 is 7.46. The smallest absolute Gasteiger partial charge is 0.297 e. The highest BCUT2D eigenvalue weighted by Crippen LogP contribution is 2.24. The van der Waals surface area contributed by atoms with Crippen molar-refractivity contribution in [1.29, 1.82) is 0 Å². The van der Waals surface area contributed by atoms with Crippen LogP contribution in [0.25, 0.3) is 23.1 Å². The molecule has 4 rings (SSSR count). The van der Waals surface area contributed by atoms with E-state index in [-0.39, 0.29) is 5.89 Å². The lowest BCUT2D eigenvalue weighted by Crippen LogP contribution is -2.02. The van der Waals surface area contributed by atoms with E-state index in [9.17, 15) is 4.39 Å². The summed E-state index contributed by atoms with van der Waals surface area (Å²) in [5, 5.41) is 8.40. The normalized spacial score (nSPS) is 11.1. The number of benzene rings is 1. The van der Waals surface area contributed by atoms with Gasteiger partial charge in [-0.2, -0.15) is 4.98 Å². The van der Waals surface area contributed by atoms with Crippen LogP contribution in [0.2, 0.25) is 4.34 Å². The number of aromatic nitrogens is 5. The zero-order valence-corrected chi connectivity index (χ0v) is 15.7. The number of aryl methyl sites for hydroxylation is 1. The van der Waals surface area contributed by atoms with Crippen LogP contribution in [0.5, 0.6) is 5.75 Å². The molecule has 0 spiro atoms. The Labute approximate surface area is 162 Å². The van der Waals surface area contributed by atoms with E-state index in [1.807, 2.05) is 19.1 Å². The highest BCUT2D eigenvalue weighted by atomic mass is 35.5. The molecule has 0 aliphatic heterocycles. The molecule has 3 heterocycles. The second-order valence-corrected chi connectivity index (χ2v) is 7.35. The Morgan fingerprint density at radius 2 is 1.96 bits per heavy atom. The molecule has 0 N–H and O–H groups in total. The van der Waals surface area contributed by atoms with Gasteiger partial charge >= 0.3 is 0 Å². The molecule has 0 amide bonds. The second kappa shape index (κ2) is 7.45. The van der Waals surface area contributed by atoms with E-state index in [1.165, 1.54) is 11.3 Å². The molecule has 0 aliphatic carbocycles. The molecule has 3 aromatic heterocycles. The topological polar surface area (TPSA) is 78.9 Å². The molecule has 0 unspecified atom stereocenters. The lowest BCUT2D eigenvalue weighted by atomic mass is 10.2. The average Bonchev–Trinajstić information content (AvgIpc) is 3.38. The van der Waals surface area contributed by atoms with Crippen molar-refractivity contribution in [2.75, 3.05) is 6.86 Å². The van der Waals surface area contributed by atoms with Crippen molar-refractivity contribution in [3.8, 4) is 28.9 Å². The number of hydrogen-bond donors (Lipinski definition) is 0. The highest BCUT2D eigenvalue weighted by molar-refractivity contribution is 7.16. The van der Waals surface area contributed by atoms with Gasteiger partial charge in [-0.05, 0) is 43.3 Å². The maximum atomic E-state index is 12.2. The Balaban J connectivity index is 1.55. The van der Waals surface area contributed by atoms with Crippen LogP contribution in [0, 0.1) is 6.92 Å². The molecule has 138 valence electrons. The minimum absolute atomic E-state index is 0.222. The van der Waals surface area contributed by atoms with E-state index in [4.69, 9.17) is 20.9 Å². The van der Waals surface area contributed by atoms with Gasteiger partial charge < -0.3 is 9.26 Å². The lowest BCUT2D eigenvalue weighted by Gasteiger charge is -2.00. The molecule has 0 radical (unpaired) electrons. The molecule has 0 fully saturated rings. The molecule has 1 aromatic carbocycles. The zero-order valence-electron chi connectivity index (χ0n) is 14.1. The summed E-state index contributed by atoms with van der Waals surface area (Å²) in [6.45, 7) is 1.54. The van der Waals surface area contributed by atoms with Crippen molar-refractivity contribution in [1.82, 2.24) is 24.9 Å². The summed E-state index contributed by atoms with van der Waals surface area (Å²) in [6, 6.07) is 10.5. The zero-order chi connectivity index (χ0) is 18.8. The van der Waals surface area contributed by atoms with E-state index in [0.717, 1.165) is 15.0 Å². The molecule has 7 nitrogen and oxygen atoms in total. The van der Waals surface area contributed by atoms with Crippen LogP contribution in [0.4, 0.5) is 4.39 Å². The first-order valence-corrected chi connectivity index (χ1v) is 9.11. The Morgan fingerprint density at radius 1 is 1.15 bits per heavy atom. The fourth-order valence-corrected chi connectivity index (χ4v) is 3.51. The molecule has 27 heavy (non-hydrogen) atoms. The summed E-state index contributed by atoms with van der Waals surface area (Å²) in [5.41, 5.74) is 0.709. The third kappa shape index (κ3) is 3.83. The van der Waals surface area contributed by atoms with Gasteiger partial charge in [0.05, 0.1) is 10.9 Å². The molecule has 0 saturated carbocycles. The molecule has 0 atom stereocenters. The number of thiophene rings is 1. The number of halogens is 2. The first-order chi connectivity index (χ1) is 13.1. The van der Waals surface area contributed by atoms with Gasteiger partial charge in [0.15, 0.2) is 0 Å². The summed E-state index contributed by atoms with van der Waals surface area (Å²) in [7, 11) is 0. The number of alkyl halides is 1. The average molecular weight is 406 g/mol. The third-order valence-electron chi connectivity index (χ3n) is 3.74. The van der Waals surface area contributed by atoms with Crippen LogP contribution in [0.15, 0.2) is 40.9 Å². The molecule has 10 heteroatoms. The fraction of sp³-hybridized carbons (Fsp3) is 0.176. The fourth-order valence-electron chi connectivity index (χ4n) is 2.44. The standard InChI is InChI=1S/C17H13ClFN5O2S/c1-10-20-16(22-24(10)8-13-6-7-14(18)27-13)17-21-15(23-26-17)11-2-4-12(5-3-11)25-9-19/h2-7H,8-9H2,1H3. The predicted octanol–water partition coefficient (Wildman–Crippen LogP) is 4.37. The Morgan fingerprint density at radius 3 is 2.67 bits per heavy atom. The van der Waals surface area contributed by atoms with Gasteiger partial charge in [0.25, 0.3) is 5.89 Å². The van der Waals surface area contributed by atoms with Crippen LogP contribution in [-0.4, -0.2) is 31.8 Å². The number of hydrogen-bond acceptors (Lipinski definition) is 7. The van der Waals surface area contributed by atoms with Gasteiger partial charge in [-0.3, -0.25) is 0 Å². The summed E-state index contributed by atoms with van der Waals surface area (Å²) in [5.74, 6) is 2.11. The van der Waals surface area contributed by atoms with Gasteiger partial charge in [-0.25, -0.2) is 14.1 Å². The van der Waals surface area contributed by atoms with Crippen molar-refractivity contribution in [2.45, 2.75) is 13.5 Å². The SMILES string of the molecule is Cc1nc(-c2nc(-c3ccc(OCF)cc3)no2)nn1Cc1ccc(Cl)s1. The molecule has 4 aromatic rings. The summed E-state index contributed by atoms with van der Waals surface area (Å²) in [4.78, 5) is 9.81. The first-order valence-electron chi connectivity index (χ1n) is 7.91. The van der Waals surface area contributed by atoms with Crippen LogP contribution in [0.1, 0.15) is 10.7 Å². The minimum Gasteiger partial charge on any atom is -0.463 e. The van der Waals surface area contributed by atoms with Gasteiger partial charge in [0.1, 0.15) is 11.6 Å². The van der Waals surface area contributed by atoms with Crippen LogP contribution in [-0.2, 0) is 6.54 Å². The Bertz CT molecular complexity index is 1060. The summed E-state index contributed by atoms with van der Waals surface area (Å²) < 4.78 is 24.7. The molecular weight excluding hydrogens is 393 g/mol. The predicted molar refractivity (Wildman–Crippen MR) is 98.5 cm³/mol. The van der Waals surface area contributed by atoms with E-state index >= 15 is 0 Å². The van der Waals surface area contributed by atoms with Gasteiger partial charge in [0.2, 0.25) is 18.5 Å². The second-order valence-electron chi connectivity index (χ2n) is 5.55. The van der Waals surface area contributed by atoms with E-state index < -0.39 is 6.86 Å². The molecular formula is C17H13ClFN5O2S. The minimum atomic E-state index is -0.878. The van der Waals surface area contributed by atoms with Crippen molar-refractivity contribution < 1.29 is 13.7 Å². The van der Waals surface area contributed by atoms with E-state index in [0.29, 0.717) is 29.5 Å². The van der Waals surface area contributed by atoms with Crippen molar-refractivity contribution in [2.24, 2.45) is 0 Å². The van der Waals surface area contributed by atoms with Crippen LogP contribution < -0.4 is 4.74 Å². The van der Waals surface area contributed by atoms with Gasteiger partial charge in [0, 0.05) is 10.4 Å². The van der Waals surface area contributed by atoms with Crippen LogP contribution in [0.3, 0.4) is 0 Å². The first kappa shape index (κ1) is 17.6. The van der Waals surface area contributed by atoms with Gasteiger partial charge in [-0.15, -0.1) is 16.4 Å². The van der Waals surface area contributed by atoms with E-state index in [1.54, 1.807) is 28.9 Å². The Hall–Kier alpha value is -2.78.